The first kappa shape index (κ1) is 18.9. The molecule has 0 N–H and O–H groups in total. The molecular weight excluding hydrogens is 380 g/mol. The van der Waals surface area contributed by atoms with Crippen LogP contribution in [0.25, 0.3) is 0 Å². The summed E-state index contributed by atoms with van der Waals surface area (Å²) < 4.78 is 18.5. The van der Waals surface area contributed by atoms with Crippen molar-refractivity contribution in [3.8, 4) is 0 Å². The van der Waals surface area contributed by atoms with Crippen molar-refractivity contribution < 1.29 is 14.2 Å². The van der Waals surface area contributed by atoms with Gasteiger partial charge in [0.15, 0.2) is 6.29 Å². The Labute approximate surface area is 176 Å². The van der Waals surface area contributed by atoms with Gasteiger partial charge in [0.25, 0.3) is 0 Å². The molecule has 0 amide bonds. The third kappa shape index (κ3) is 3.40. The predicted octanol–water partition coefficient (Wildman–Crippen LogP) is 4.85. The average molecular weight is 405 g/mol. The molecule has 0 aliphatic carbocycles. The van der Waals surface area contributed by atoms with E-state index in [4.69, 9.17) is 14.2 Å². The number of thioether (sulfide) groups is 1. The Morgan fingerprint density at radius 1 is 0.759 bits per heavy atom. The van der Waals surface area contributed by atoms with Crippen molar-refractivity contribution in [1.29, 1.82) is 0 Å². The molecule has 29 heavy (non-hydrogen) atoms. The first-order chi connectivity index (χ1) is 14.3. The smallest absolute Gasteiger partial charge is 0.170 e. The van der Waals surface area contributed by atoms with Crippen LogP contribution >= 0.6 is 11.8 Å². The largest absolute Gasteiger partial charge is 0.358 e. The Balaban J connectivity index is 1.57. The van der Waals surface area contributed by atoms with Crippen LogP contribution in [-0.2, 0) is 19.8 Å². The van der Waals surface area contributed by atoms with E-state index in [1.54, 1.807) is 7.11 Å². The molecular formula is C25H24O3S. The van der Waals surface area contributed by atoms with Crippen molar-refractivity contribution >= 4 is 11.8 Å². The fraction of sp³-hybridized carbons (Fsp3) is 0.280. The van der Waals surface area contributed by atoms with Crippen molar-refractivity contribution in [2.75, 3.05) is 13.7 Å². The van der Waals surface area contributed by atoms with Gasteiger partial charge in [-0.3, -0.25) is 0 Å². The van der Waals surface area contributed by atoms with Gasteiger partial charge in [-0.2, -0.15) is 0 Å². The van der Waals surface area contributed by atoms with Gasteiger partial charge in [0.1, 0.15) is 5.60 Å². The standard InChI is InChI=1S/C25H24O3S/c1-26-24-23-22(29-23)21(28-24)17-27-25(18-11-5-2-6-12-18,19-13-7-3-8-14-19)20-15-9-4-10-16-20/h2-16,21-24H,17H2,1H3/t21-,22-,23+,24-/m0/s1. The number of hydrogen-bond acceptors (Lipinski definition) is 4. The molecule has 0 aromatic heterocycles. The summed E-state index contributed by atoms with van der Waals surface area (Å²) in [4.78, 5) is 0. The molecule has 0 spiro atoms. The van der Waals surface area contributed by atoms with E-state index < -0.39 is 5.60 Å². The maximum absolute atomic E-state index is 6.87. The van der Waals surface area contributed by atoms with E-state index in [0.29, 0.717) is 17.1 Å². The molecule has 2 heterocycles. The number of fused-ring (bicyclic) bond motifs is 1. The maximum Gasteiger partial charge on any atom is 0.170 e. The summed E-state index contributed by atoms with van der Waals surface area (Å²) >= 11 is 1.93. The van der Waals surface area contributed by atoms with Crippen molar-refractivity contribution in [2.45, 2.75) is 28.5 Å². The van der Waals surface area contributed by atoms with E-state index >= 15 is 0 Å². The van der Waals surface area contributed by atoms with Crippen LogP contribution < -0.4 is 0 Å². The Hall–Kier alpha value is -2.11. The van der Waals surface area contributed by atoms with Crippen molar-refractivity contribution in [1.82, 2.24) is 0 Å². The number of benzene rings is 3. The van der Waals surface area contributed by atoms with E-state index in [-0.39, 0.29) is 12.4 Å². The van der Waals surface area contributed by atoms with Gasteiger partial charge < -0.3 is 14.2 Å². The van der Waals surface area contributed by atoms with Crippen LogP contribution in [-0.4, -0.2) is 36.6 Å². The third-order valence-corrected chi connectivity index (χ3v) is 7.17. The molecule has 0 saturated carbocycles. The summed E-state index contributed by atoms with van der Waals surface area (Å²) in [5.74, 6) is 0. The Morgan fingerprint density at radius 3 is 1.66 bits per heavy atom. The number of rotatable bonds is 7. The molecule has 3 aromatic carbocycles. The highest BCUT2D eigenvalue weighted by Crippen LogP contribution is 2.54. The minimum atomic E-state index is -0.701. The van der Waals surface area contributed by atoms with Crippen LogP contribution in [0, 0.1) is 0 Å². The average Bonchev–Trinajstić information content (AvgIpc) is 3.52. The van der Waals surface area contributed by atoms with Crippen LogP contribution in [0.15, 0.2) is 91.0 Å². The molecule has 2 saturated heterocycles. The van der Waals surface area contributed by atoms with Gasteiger partial charge in [-0.1, -0.05) is 91.0 Å². The Kier molecular flexibility index (Phi) is 5.18. The van der Waals surface area contributed by atoms with Gasteiger partial charge in [-0.05, 0) is 16.7 Å². The Morgan fingerprint density at radius 2 is 1.24 bits per heavy atom. The first-order valence-electron chi connectivity index (χ1n) is 9.97. The van der Waals surface area contributed by atoms with Crippen molar-refractivity contribution in [2.24, 2.45) is 0 Å². The van der Waals surface area contributed by atoms with Crippen LogP contribution in [0.5, 0.6) is 0 Å². The van der Waals surface area contributed by atoms with E-state index in [9.17, 15) is 0 Å². The molecule has 5 rings (SSSR count). The molecule has 0 radical (unpaired) electrons. The number of methoxy groups -OCH3 is 1. The molecule has 0 unspecified atom stereocenters. The molecule has 148 valence electrons. The molecule has 3 nitrogen and oxygen atoms in total. The molecule has 2 fully saturated rings. The predicted molar refractivity (Wildman–Crippen MR) is 116 cm³/mol. The third-order valence-electron chi connectivity index (χ3n) is 5.74. The quantitative estimate of drug-likeness (QED) is 0.416. The molecule has 4 heteroatoms. The van der Waals surface area contributed by atoms with Gasteiger partial charge in [0, 0.05) is 7.11 Å². The minimum absolute atomic E-state index is 0.0328. The maximum atomic E-state index is 6.87. The van der Waals surface area contributed by atoms with Gasteiger partial charge in [-0.25, -0.2) is 0 Å². The van der Waals surface area contributed by atoms with Gasteiger partial charge >= 0.3 is 0 Å². The van der Waals surface area contributed by atoms with E-state index in [0.717, 1.165) is 16.7 Å². The molecule has 3 aromatic rings. The van der Waals surface area contributed by atoms with Gasteiger partial charge in [0.05, 0.1) is 23.2 Å². The van der Waals surface area contributed by atoms with Crippen LogP contribution in [0.3, 0.4) is 0 Å². The molecule has 2 aliphatic rings. The summed E-state index contributed by atoms with van der Waals surface area (Å²) in [5.41, 5.74) is 2.63. The lowest BCUT2D eigenvalue weighted by Crippen LogP contribution is -2.37. The SMILES string of the molecule is CO[C@H]1O[C@@H](COC(c2ccccc2)(c2ccccc2)c2ccccc2)[C@@H]2S[C@@H]12. The highest BCUT2D eigenvalue weighted by atomic mass is 32.2. The zero-order valence-corrected chi connectivity index (χ0v) is 17.1. The topological polar surface area (TPSA) is 27.7 Å². The molecule has 4 atom stereocenters. The second kappa shape index (κ2) is 7.96. The number of hydrogen-bond donors (Lipinski definition) is 0. The Bertz CT molecular complexity index is 835. The van der Waals surface area contributed by atoms with Gasteiger partial charge in [-0.15, -0.1) is 11.8 Å². The fourth-order valence-electron chi connectivity index (χ4n) is 4.28. The lowest BCUT2D eigenvalue weighted by atomic mass is 9.80. The first-order valence-corrected chi connectivity index (χ1v) is 10.9. The molecule has 0 bridgehead atoms. The van der Waals surface area contributed by atoms with Crippen molar-refractivity contribution in [3.63, 3.8) is 0 Å². The number of ether oxygens (including phenoxy) is 3. The van der Waals surface area contributed by atoms with Crippen LogP contribution in [0.4, 0.5) is 0 Å². The second-order valence-corrected chi connectivity index (χ2v) is 8.80. The second-order valence-electron chi connectivity index (χ2n) is 7.43. The van der Waals surface area contributed by atoms with Crippen LogP contribution in [0.2, 0.25) is 0 Å². The monoisotopic (exact) mass is 404 g/mol. The van der Waals surface area contributed by atoms with Crippen molar-refractivity contribution in [3.05, 3.63) is 108 Å². The lowest BCUT2D eigenvalue weighted by Gasteiger charge is -2.37. The summed E-state index contributed by atoms with van der Waals surface area (Å²) in [7, 11) is 1.71. The molecule has 2 aliphatic heterocycles. The van der Waals surface area contributed by atoms with Crippen LogP contribution in [0.1, 0.15) is 16.7 Å². The lowest BCUT2D eigenvalue weighted by molar-refractivity contribution is -0.138. The van der Waals surface area contributed by atoms with Gasteiger partial charge in [0.2, 0.25) is 0 Å². The zero-order valence-electron chi connectivity index (χ0n) is 16.3. The summed E-state index contributed by atoms with van der Waals surface area (Å²) in [5, 5.41) is 0.896. The normalized spacial score (nSPS) is 25.6. The van der Waals surface area contributed by atoms with E-state index in [1.165, 1.54) is 0 Å². The highest BCUT2D eigenvalue weighted by Gasteiger charge is 2.58. The highest BCUT2D eigenvalue weighted by molar-refractivity contribution is 8.07. The van der Waals surface area contributed by atoms with E-state index in [1.807, 2.05) is 30.0 Å². The minimum Gasteiger partial charge on any atom is -0.358 e. The zero-order chi connectivity index (χ0) is 19.7. The summed E-state index contributed by atoms with van der Waals surface area (Å²) in [6.07, 6.45) is -0.0939. The summed E-state index contributed by atoms with van der Waals surface area (Å²) in [6.45, 7) is 0.507. The van der Waals surface area contributed by atoms with E-state index in [2.05, 4.69) is 72.8 Å². The summed E-state index contributed by atoms with van der Waals surface area (Å²) in [6, 6.07) is 31.4. The fourth-order valence-corrected chi connectivity index (χ4v) is 5.48.